The van der Waals surface area contributed by atoms with E-state index >= 15 is 0 Å². The summed E-state index contributed by atoms with van der Waals surface area (Å²) < 4.78 is 1.87. The first-order valence-electron chi connectivity index (χ1n) is 6.69. The Morgan fingerprint density at radius 2 is 1.95 bits per heavy atom. The Morgan fingerprint density at radius 1 is 1.14 bits per heavy atom. The van der Waals surface area contributed by atoms with Crippen LogP contribution in [0.4, 0.5) is 5.69 Å². The monoisotopic (exact) mass is 298 g/mol. The maximum Gasteiger partial charge on any atom is 0.137 e. The van der Waals surface area contributed by atoms with Crippen LogP contribution in [0.5, 0.6) is 0 Å². The predicted octanol–water partition coefficient (Wildman–Crippen LogP) is 4.09. The van der Waals surface area contributed by atoms with Gasteiger partial charge < -0.3 is 5.32 Å². The maximum atomic E-state index is 5.90. The van der Waals surface area contributed by atoms with Crippen molar-refractivity contribution in [3.05, 3.63) is 71.9 Å². The zero-order chi connectivity index (χ0) is 14.7. The van der Waals surface area contributed by atoms with E-state index in [1.807, 2.05) is 53.4 Å². The molecule has 2 heterocycles. The van der Waals surface area contributed by atoms with Gasteiger partial charge in [-0.3, -0.25) is 4.57 Å². The van der Waals surface area contributed by atoms with Crippen LogP contribution in [-0.2, 0) is 0 Å². The topological polar surface area (TPSA) is 42.7 Å². The maximum absolute atomic E-state index is 5.90. The fourth-order valence-electron chi connectivity index (χ4n) is 2.10. The highest BCUT2D eigenvalue weighted by Crippen LogP contribution is 2.21. The van der Waals surface area contributed by atoms with E-state index in [9.17, 15) is 0 Å². The lowest BCUT2D eigenvalue weighted by Gasteiger charge is -2.15. The van der Waals surface area contributed by atoms with Crippen molar-refractivity contribution in [2.45, 2.75) is 13.0 Å². The molecule has 0 spiro atoms. The standard InChI is InChI=1S/C16H15ClN4/c1-12(13-2-4-14(17)5-3-13)20-15-6-7-16(19-10-15)21-9-8-18-11-21/h2-12,20H,1H3. The van der Waals surface area contributed by atoms with Crippen LogP contribution < -0.4 is 5.32 Å². The lowest BCUT2D eigenvalue weighted by Crippen LogP contribution is -2.07. The van der Waals surface area contributed by atoms with Crippen molar-refractivity contribution >= 4 is 17.3 Å². The fraction of sp³-hybridized carbons (Fsp3) is 0.125. The van der Waals surface area contributed by atoms with Gasteiger partial charge in [0.05, 0.1) is 11.9 Å². The lowest BCUT2D eigenvalue weighted by atomic mass is 10.1. The van der Waals surface area contributed by atoms with Crippen molar-refractivity contribution in [3.63, 3.8) is 0 Å². The van der Waals surface area contributed by atoms with Crippen LogP contribution in [0.15, 0.2) is 61.3 Å². The Morgan fingerprint density at radius 3 is 2.57 bits per heavy atom. The van der Waals surface area contributed by atoms with Crippen molar-refractivity contribution in [2.24, 2.45) is 0 Å². The van der Waals surface area contributed by atoms with E-state index in [4.69, 9.17) is 11.6 Å². The molecule has 0 radical (unpaired) electrons. The number of hydrogen-bond donors (Lipinski definition) is 1. The molecule has 0 saturated heterocycles. The van der Waals surface area contributed by atoms with E-state index in [1.165, 1.54) is 5.56 Å². The Hall–Kier alpha value is -2.33. The summed E-state index contributed by atoms with van der Waals surface area (Å²) in [5.74, 6) is 0.845. The Labute approximate surface area is 128 Å². The molecule has 0 aliphatic carbocycles. The summed E-state index contributed by atoms with van der Waals surface area (Å²) in [7, 11) is 0. The summed E-state index contributed by atoms with van der Waals surface area (Å²) in [5.41, 5.74) is 2.15. The molecule has 0 saturated carbocycles. The zero-order valence-corrected chi connectivity index (χ0v) is 12.3. The summed E-state index contributed by atoms with van der Waals surface area (Å²) in [4.78, 5) is 8.43. The molecule has 0 amide bonds. The van der Waals surface area contributed by atoms with Crippen LogP contribution >= 0.6 is 11.6 Å². The summed E-state index contributed by atoms with van der Waals surface area (Å²) >= 11 is 5.90. The highest BCUT2D eigenvalue weighted by atomic mass is 35.5. The van der Waals surface area contributed by atoms with Crippen molar-refractivity contribution in [2.75, 3.05) is 5.32 Å². The average molecular weight is 299 g/mol. The van der Waals surface area contributed by atoms with Crippen LogP contribution in [0.25, 0.3) is 5.82 Å². The van der Waals surface area contributed by atoms with Crippen LogP contribution in [0, 0.1) is 0 Å². The first-order valence-corrected chi connectivity index (χ1v) is 7.06. The van der Waals surface area contributed by atoms with Crippen LogP contribution in [0.2, 0.25) is 5.02 Å². The van der Waals surface area contributed by atoms with E-state index in [1.54, 1.807) is 12.5 Å². The predicted molar refractivity (Wildman–Crippen MR) is 84.8 cm³/mol. The number of nitrogens with zero attached hydrogens (tertiary/aromatic N) is 3. The minimum absolute atomic E-state index is 0.183. The highest BCUT2D eigenvalue weighted by molar-refractivity contribution is 6.30. The molecule has 3 rings (SSSR count). The van der Waals surface area contributed by atoms with Crippen molar-refractivity contribution in [3.8, 4) is 5.82 Å². The summed E-state index contributed by atoms with van der Waals surface area (Å²) in [5, 5.41) is 4.17. The lowest BCUT2D eigenvalue weighted by molar-refractivity contribution is 0.881. The molecule has 0 fully saturated rings. The number of imidazole rings is 1. The number of aromatic nitrogens is 3. The number of anilines is 1. The van der Waals surface area contributed by atoms with Crippen LogP contribution in [-0.4, -0.2) is 14.5 Å². The number of benzene rings is 1. The van der Waals surface area contributed by atoms with Crippen LogP contribution in [0.3, 0.4) is 0 Å². The van der Waals surface area contributed by atoms with Gasteiger partial charge in [-0.1, -0.05) is 23.7 Å². The molecule has 1 N–H and O–H groups in total. The molecule has 1 aromatic carbocycles. The van der Waals surface area contributed by atoms with Gasteiger partial charge >= 0.3 is 0 Å². The molecular weight excluding hydrogens is 284 g/mol. The number of pyridine rings is 1. The molecule has 3 aromatic rings. The summed E-state index contributed by atoms with van der Waals surface area (Å²) in [6.45, 7) is 2.10. The van der Waals surface area contributed by atoms with E-state index in [-0.39, 0.29) is 6.04 Å². The first-order chi connectivity index (χ1) is 10.2. The van der Waals surface area contributed by atoms with Gasteiger partial charge in [0, 0.05) is 23.5 Å². The second kappa shape index (κ2) is 5.97. The quantitative estimate of drug-likeness (QED) is 0.789. The molecule has 0 aliphatic rings. The molecule has 1 atom stereocenters. The zero-order valence-electron chi connectivity index (χ0n) is 11.6. The summed E-state index contributed by atoms with van der Waals surface area (Å²) in [6, 6.07) is 12.0. The van der Waals surface area contributed by atoms with Crippen molar-refractivity contribution in [1.29, 1.82) is 0 Å². The fourth-order valence-corrected chi connectivity index (χ4v) is 2.23. The Balaban J connectivity index is 1.71. The average Bonchev–Trinajstić information content (AvgIpc) is 3.03. The first kappa shape index (κ1) is 13.6. The second-order valence-electron chi connectivity index (χ2n) is 4.79. The normalized spacial score (nSPS) is 12.1. The van der Waals surface area contributed by atoms with E-state index in [0.717, 1.165) is 16.5 Å². The third-order valence-electron chi connectivity index (χ3n) is 3.27. The molecule has 1 unspecified atom stereocenters. The number of hydrogen-bond acceptors (Lipinski definition) is 3. The smallest absolute Gasteiger partial charge is 0.137 e. The molecule has 21 heavy (non-hydrogen) atoms. The minimum atomic E-state index is 0.183. The molecule has 106 valence electrons. The van der Waals surface area contributed by atoms with Gasteiger partial charge in [-0.15, -0.1) is 0 Å². The third-order valence-corrected chi connectivity index (χ3v) is 3.52. The highest BCUT2D eigenvalue weighted by Gasteiger charge is 2.06. The Kier molecular flexibility index (Phi) is 3.88. The molecule has 2 aromatic heterocycles. The molecule has 5 heteroatoms. The van der Waals surface area contributed by atoms with Gasteiger partial charge in [0.2, 0.25) is 0 Å². The van der Waals surface area contributed by atoms with Gasteiger partial charge in [-0.2, -0.15) is 0 Å². The van der Waals surface area contributed by atoms with Gasteiger partial charge in [0.15, 0.2) is 0 Å². The van der Waals surface area contributed by atoms with Gasteiger partial charge in [0.25, 0.3) is 0 Å². The second-order valence-corrected chi connectivity index (χ2v) is 5.23. The summed E-state index contributed by atoms with van der Waals surface area (Å²) in [6.07, 6.45) is 7.15. The molecule has 0 bridgehead atoms. The number of halogens is 1. The Bertz CT molecular complexity index is 690. The van der Waals surface area contributed by atoms with E-state index < -0.39 is 0 Å². The molecular formula is C16H15ClN4. The molecule has 0 aliphatic heterocycles. The minimum Gasteiger partial charge on any atom is -0.377 e. The number of nitrogens with one attached hydrogen (secondary N) is 1. The van der Waals surface area contributed by atoms with Crippen molar-refractivity contribution < 1.29 is 0 Å². The van der Waals surface area contributed by atoms with E-state index in [2.05, 4.69) is 22.2 Å². The van der Waals surface area contributed by atoms with Gasteiger partial charge in [0.1, 0.15) is 12.1 Å². The van der Waals surface area contributed by atoms with E-state index in [0.29, 0.717) is 0 Å². The van der Waals surface area contributed by atoms with Gasteiger partial charge in [-0.05, 0) is 36.8 Å². The van der Waals surface area contributed by atoms with Gasteiger partial charge in [-0.25, -0.2) is 9.97 Å². The third kappa shape index (κ3) is 3.23. The van der Waals surface area contributed by atoms with Crippen molar-refractivity contribution in [1.82, 2.24) is 14.5 Å². The van der Waals surface area contributed by atoms with Crippen LogP contribution in [0.1, 0.15) is 18.5 Å². The molecule has 4 nitrogen and oxygen atoms in total. The largest absolute Gasteiger partial charge is 0.377 e. The number of rotatable bonds is 4. The SMILES string of the molecule is CC(Nc1ccc(-n2ccnc2)nc1)c1ccc(Cl)cc1.